The third-order valence-electron chi connectivity index (χ3n) is 2.95. The highest BCUT2D eigenvalue weighted by molar-refractivity contribution is 5.97. The first kappa shape index (κ1) is 14.1. The molecule has 1 unspecified atom stereocenters. The second-order valence-corrected chi connectivity index (χ2v) is 4.05. The molecule has 1 amide bonds. The standard InChI is InChI=1S/C13H15FN2O2/c1-4-13(2,18-3)12(17)16-11-6-5-9(8-15)7-10(11)14/h5-7H,4H2,1-3H3,(H,16,17). The van der Waals surface area contributed by atoms with Gasteiger partial charge in [-0.25, -0.2) is 4.39 Å². The molecule has 0 saturated carbocycles. The van der Waals surface area contributed by atoms with Gasteiger partial charge in [-0.3, -0.25) is 4.79 Å². The molecule has 0 aliphatic rings. The summed E-state index contributed by atoms with van der Waals surface area (Å²) in [5.74, 6) is -1.06. The van der Waals surface area contributed by atoms with Crippen LogP contribution in [0.4, 0.5) is 10.1 Å². The summed E-state index contributed by atoms with van der Waals surface area (Å²) < 4.78 is 18.7. The Hall–Kier alpha value is -1.93. The third-order valence-corrected chi connectivity index (χ3v) is 2.95. The molecule has 1 rings (SSSR count). The van der Waals surface area contributed by atoms with E-state index in [9.17, 15) is 9.18 Å². The number of methoxy groups -OCH3 is 1. The molecule has 1 aromatic rings. The van der Waals surface area contributed by atoms with Gasteiger partial charge in [-0.15, -0.1) is 0 Å². The van der Waals surface area contributed by atoms with Crippen molar-refractivity contribution in [2.45, 2.75) is 25.9 Å². The van der Waals surface area contributed by atoms with Gasteiger partial charge in [0.1, 0.15) is 11.4 Å². The number of nitrogens with one attached hydrogen (secondary N) is 1. The Morgan fingerprint density at radius 1 is 1.61 bits per heavy atom. The molecule has 18 heavy (non-hydrogen) atoms. The predicted molar refractivity (Wildman–Crippen MR) is 65.4 cm³/mol. The number of nitrogens with zero attached hydrogens (tertiary/aromatic N) is 1. The number of hydrogen-bond acceptors (Lipinski definition) is 3. The minimum absolute atomic E-state index is 0.0377. The second-order valence-electron chi connectivity index (χ2n) is 4.05. The fourth-order valence-corrected chi connectivity index (χ4v) is 1.34. The molecule has 4 nitrogen and oxygen atoms in total. The summed E-state index contributed by atoms with van der Waals surface area (Å²) in [6.07, 6.45) is 0.466. The molecule has 5 heteroatoms. The minimum atomic E-state index is -1.000. The molecule has 0 heterocycles. The van der Waals surface area contributed by atoms with Crippen LogP contribution in [0.25, 0.3) is 0 Å². The van der Waals surface area contributed by atoms with Crippen LogP contribution in [0.3, 0.4) is 0 Å². The highest BCUT2D eigenvalue weighted by Gasteiger charge is 2.31. The summed E-state index contributed by atoms with van der Waals surface area (Å²) in [5.41, 5.74) is -0.758. The lowest BCUT2D eigenvalue weighted by Gasteiger charge is -2.25. The van der Waals surface area contributed by atoms with Gasteiger partial charge in [0.15, 0.2) is 0 Å². The average Bonchev–Trinajstić information content (AvgIpc) is 2.39. The zero-order chi connectivity index (χ0) is 13.8. The monoisotopic (exact) mass is 250 g/mol. The third kappa shape index (κ3) is 2.84. The van der Waals surface area contributed by atoms with Gasteiger partial charge in [-0.2, -0.15) is 5.26 Å². The van der Waals surface area contributed by atoms with Crippen LogP contribution in [0.15, 0.2) is 18.2 Å². The lowest BCUT2D eigenvalue weighted by molar-refractivity contribution is -0.136. The van der Waals surface area contributed by atoms with E-state index in [-0.39, 0.29) is 11.3 Å². The van der Waals surface area contributed by atoms with Crippen molar-refractivity contribution < 1.29 is 13.9 Å². The number of anilines is 1. The van der Waals surface area contributed by atoms with E-state index >= 15 is 0 Å². The maximum atomic E-state index is 13.6. The normalized spacial score (nSPS) is 13.5. The molecule has 0 radical (unpaired) electrons. The smallest absolute Gasteiger partial charge is 0.256 e. The molecule has 0 spiro atoms. The van der Waals surface area contributed by atoms with Crippen LogP contribution in [0.2, 0.25) is 0 Å². The van der Waals surface area contributed by atoms with E-state index in [0.717, 1.165) is 6.07 Å². The SMILES string of the molecule is CCC(C)(OC)C(=O)Nc1ccc(C#N)cc1F. The van der Waals surface area contributed by atoms with E-state index < -0.39 is 17.3 Å². The second kappa shape index (κ2) is 5.61. The maximum Gasteiger partial charge on any atom is 0.256 e. The minimum Gasteiger partial charge on any atom is -0.369 e. The molecular weight excluding hydrogens is 235 g/mol. The van der Waals surface area contributed by atoms with Gasteiger partial charge in [0.05, 0.1) is 17.3 Å². The highest BCUT2D eigenvalue weighted by atomic mass is 19.1. The van der Waals surface area contributed by atoms with Crippen LogP contribution < -0.4 is 5.32 Å². The van der Waals surface area contributed by atoms with E-state index in [1.807, 2.05) is 6.07 Å². The maximum absolute atomic E-state index is 13.6. The first-order valence-electron chi connectivity index (χ1n) is 5.53. The lowest BCUT2D eigenvalue weighted by atomic mass is 10.0. The Balaban J connectivity index is 2.92. The first-order valence-corrected chi connectivity index (χ1v) is 5.53. The van der Waals surface area contributed by atoms with Gasteiger partial charge in [-0.05, 0) is 31.5 Å². The predicted octanol–water partition coefficient (Wildman–Crippen LogP) is 2.45. The largest absolute Gasteiger partial charge is 0.369 e. The number of halogens is 1. The molecule has 1 N–H and O–H groups in total. The van der Waals surface area contributed by atoms with Gasteiger partial charge >= 0.3 is 0 Å². The number of nitriles is 1. The van der Waals surface area contributed by atoms with E-state index in [4.69, 9.17) is 10.00 Å². The summed E-state index contributed by atoms with van der Waals surface area (Å²) in [6.45, 7) is 3.43. The summed E-state index contributed by atoms with van der Waals surface area (Å²) >= 11 is 0. The summed E-state index contributed by atoms with van der Waals surface area (Å²) in [7, 11) is 1.43. The number of ether oxygens (including phenoxy) is 1. The molecule has 0 aromatic heterocycles. The number of carbonyl (C=O) groups excluding carboxylic acids is 1. The Kier molecular flexibility index (Phi) is 4.40. The van der Waals surface area contributed by atoms with Gasteiger partial charge in [0.25, 0.3) is 5.91 Å². The van der Waals surface area contributed by atoms with E-state index in [2.05, 4.69) is 5.32 Å². The molecule has 96 valence electrons. The molecule has 0 aliphatic carbocycles. The lowest BCUT2D eigenvalue weighted by Crippen LogP contribution is -2.41. The molecule has 0 aliphatic heterocycles. The van der Waals surface area contributed by atoms with Crippen molar-refractivity contribution in [3.05, 3.63) is 29.6 Å². The van der Waals surface area contributed by atoms with Crippen molar-refractivity contribution in [3.63, 3.8) is 0 Å². The Morgan fingerprint density at radius 2 is 2.28 bits per heavy atom. The number of amides is 1. The fourth-order valence-electron chi connectivity index (χ4n) is 1.34. The van der Waals surface area contributed by atoms with E-state index in [1.54, 1.807) is 13.8 Å². The molecular formula is C13H15FN2O2. The number of carbonyl (C=O) groups is 1. The fraction of sp³-hybridized carbons (Fsp3) is 0.385. The van der Waals surface area contributed by atoms with E-state index in [0.29, 0.717) is 6.42 Å². The van der Waals surface area contributed by atoms with Crippen LogP contribution in [-0.2, 0) is 9.53 Å². The molecule has 1 atom stereocenters. The number of hydrogen-bond donors (Lipinski definition) is 1. The van der Waals surface area contributed by atoms with Gasteiger partial charge in [-0.1, -0.05) is 6.92 Å². The summed E-state index contributed by atoms with van der Waals surface area (Å²) in [5, 5.41) is 11.1. The van der Waals surface area contributed by atoms with Crippen LogP contribution in [0, 0.1) is 17.1 Å². The van der Waals surface area contributed by atoms with Gasteiger partial charge in [0, 0.05) is 7.11 Å². The van der Waals surface area contributed by atoms with Crippen LogP contribution in [-0.4, -0.2) is 18.6 Å². The molecule has 0 fully saturated rings. The van der Waals surface area contributed by atoms with Crippen molar-refractivity contribution in [1.29, 1.82) is 5.26 Å². The molecule has 0 saturated heterocycles. The van der Waals surface area contributed by atoms with Crippen LogP contribution in [0.1, 0.15) is 25.8 Å². The van der Waals surface area contributed by atoms with Crippen molar-refractivity contribution >= 4 is 11.6 Å². The van der Waals surface area contributed by atoms with Gasteiger partial charge < -0.3 is 10.1 Å². The Morgan fingerprint density at radius 3 is 2.72 bits per heavy atom. The van der Waals surface area contributed by atoms with Crippen molar-refractivity contribution in [2.75, 3.05) is 12.4 Å². The topological polar surface area (TPSA) is 62.1 Å². The van der Waals surface area contributed by atoms with Crippen LogP contribution >= 0.6 is 0 Å². The molecule has 0 bridgehead atoms. The number of benzene rings is 1. The van der Waals surface area contributed by atoms with E-state index in [1.165, 1.54) is 19.2 Å². The zero-order valence-corrected chi connectivity index (χ0v) is 10.6. The van der Waals surface area contributed by atoms with Crippen molar-refractivity contribution in [3.8, 4) is 6.07 Å². The van der Waals surface area contributed by atoms with Gasteiger partial charge in [0.2, 0.25) is 0 Å². The Labute approximate surface area is 105 Å². The van der Waals surface area contributed by atoms with Crippen molar-refractivity contribution in [2.24, 2.45) is 0 Å². The van der Waals surface area contributed by atoms with Crippen LogP contribution in [0.5, 0.6) is 0 Å². The number of rotatable bonds is 4. The first-order chi connectivity index (χ1) is 8.46. The average molecular weight is 250 g/mol. The Bertz CT molecular complexity index is 490. The highest BCUT2D eigenvalue weighted by Crippen LogP contribution is 2.20. The van der Waals surface area contributed by atoms with Crippen molar-refractivity contribution in [1.82, 2.24) is 0 Å². The zero-order valence-electron chi connectivity index (χ0n) is 10.6. The summed E-state index contributed by atoms with van der Waals surface area (Å²) in [6, 6.07) is 5.70. The quantitative estimate of drug-likeness (QED) is 0.892. The molecule has 1 aromatic carbocycles. The summed E-state index contributed by atoms with van der Waals surface area (Å²) in [4.78, 5) is 11.9.